The Balaban J connectivity index is 2.32. The van der Waals surface area contributed by atoms with Gasteiger partial charge in [-0.15, -0.1) is 0 Å². The van der Waals surface area contributed by atoms with Gasteiger partial charge in [0, 0.05) is 0 Å². The van der Waals surface area contributed by atoms with E-state index in [9.17, 15) is 0 Å². The van der Waals surface area contributed by atoms with Gasteiger partial charge in [0.05, 0.1) is 6.04 Å². The minimum absolute atomic E-state index is 0.247. The number of benzene rings is 2. The fourth-order valence-electron chi connectivity index (χ4n) is 2.71. The minimum Gasteiger partial charge on any atom is -0.309 e. The smallest absolute Gasteiger partial charge is 0.0574 e. The molecule has 0 bridgehead atoms. The lowest BCUT2D eigenvalue weighted by Crippen LogP contribution is -2.19. The second-order valence-electron chi connectivity index (χ2n) is 6.50. The van der Waals surface area contributed by atoms with Crippen molar-refractivity contribution < 1.29 is 0 Å². The summed E-state index contributed by atoms with van der Waals surface area (Å²) in [6.45, 7) is 9.00. The first kappa shape index (κ1) is 15.8. The van der Waals surface area contributed by atoms with Gasteiger partial charge in [-0.25, -0.2) is 0 Å². The molecule has 0 aromatic heterocycles. The molecule has 0 amide bonds. The zero-order chi connectivity index (χ0) is 15.5. The first-order valence-corrected chi connectivity index (χ1v) is 7.82. The van der Waals surface area contributed by atoms with Crippen LogP contribution in [-0.4, -0.2) is 7.05 Å². The lowest BCUT2D eigenvalue weighted by atomic mass is 9.81. The van der Waals surface area contributed by atoms with Crippen molar-refractivity contribution in [3.63, 3.8) is 0 Å². The second kappa shape index (κ2) is 6.44. The summed E-state index contributed by atoms with van der Waals surface area (Å²) in [5, 5.41) is 3.43. The Labute approximate surface area is 129 Å². The molecule has 2 rings (SSSR count). The maximum Gasteiger partial charge on any atom is 0.0574 e. The molecule has 1 atom stereocenters. The van der Waals surface area contributed by atoms with Crippen LogP contribution >= 0.6 is 0 Å². The van der Waals surface area contributed by atoms with Crippen LogP contribution in [0.3, 0.4) is 0 Å². The maximum absolute atomic E-state index is 3.43. The van der Waals surface area contributed by atoms with Gasteiger partial charge >= 0.3 is 0 Å². The number of hydrogen-bond donors (Lipinski definition) is 1. The highest BCUT2D eigenvalue weighted by Crippen LogP contribution is 2.29. The molecule has 2 aromatic rings. The van der Waals surface area contributed by atoms with Gasteiger partial charge in [-0.3, -0.25) is 0 Å². The van der Waals surface area contributed by atoms with Crippen molar-refractivity contribution in [2.75, 3.05) is 7.05 Å². The van der Waals surface area contributed by atoms with Crippen molar-refractivity contribution in [2.45, 2.75) is 45.6 Å². The Hall–Kier alpha value is -1.60. The summed E-state index contributed by atoms with van der Waals surface area (Å²) in [7, 11) is 2.02. The van der Waals surface area contributed by atoms with Crippen molar-refractivity contribution in [1.29, 1.82) is 0 Å². The summed E-state index contributed by atoms with van der Waals surface area (Å²) >= 11 is 0. The topological polar surface area (TPSA) is 12.0 Å². The van der Waals surface area contributed by atoms with Gasteiger partial charge in [0.15, 0.2) is 0 Å². The highest BCUT2D eigenvalue weighted by Gasteiger charge is 2.19. The van der Waals surface area contributed by atoms with E-state index in [1.54, 1.807) is 0 Å². The number of aryl methyl sites for hydroxylation is 1. The van der Waals surface area contributed by atoms with Crippen LogP contribution in [0.1, 0.15) is 55.5 Å². The van der Waals surface area contributed by atoms with Crippen molar-refractivity contribution >= 4 is 0 Å². The first-order chi connectivity index (χ1) is 9.97. The molecule has 112 valence electrons. The molecule has 0 aliphatic heterocycles. The Morgan fingerprint density at radius 1 is 1.00 bits per heavy atom. The largest absolute Gasteiger partial charge is 0.309 e. The predicted molar refractivity (Wildman–Crippen MR) is 91.8 cm³/mol. The molecule has 0 heterocycles. The quantitative estimate of drug-likeness (QED) is 0.814. The SMILES string of the molecule is CCC(C)(C)c1ccc(C(NC)c2cccc(C)c2)cc1. The molecule has 0 aliphatic rings. The average molecular weight is 281 g/mol. The fourth-order valence-corrected chi connectivity index (χ4v) is 2.71. The second-order valence-corrected chi connectivity index (χ2v) is 6.50. The van der Waals surface area contributed by atoms with Crippen LogP contribution in [-0.2, 0) is 5.41 Å². The Morgan fingerprint density at radius 2 is 1.67 bits per heavy atom. The summed E-state index contributed by atoms with van der Waals surface area (Å²) < 4.78 is 0. The normalized spacial score (nSPS) is 13.2. The summed E-state index contributed by atoms with van der Waals surface area (Å²) in [4.78, 5) is 0. The molecule has 0 aliphatic carbocycles. The molecule has 2 aromatic carbocycles. The highest BCUT2D eigenvalue weighted by atomic mass is 14.9. The van der Waals surface area contributed by atoms with E-state index in [1.165, 1.54) is 22.3 Å². The van der Waals surface area contributed by atoms with Crippen molar-refractivity contribution in [3.05, 3.63) is 70.8 Å². The van der Waals surface area contributed by atoms with Gasteiger partial charge in [-0.1, -0.05) is 74.9 Å². The molecule has 1 unspecified atom stereocenters. The van der Waals surface area contributed by atoms with Crippen LogP contribution < -0.4 is 5.32 Å². The minimum atomic E-state index is 0.247. The van der Waals surface area contributed by atoms with E-state index in [2.05, 4.69) is 81.5 Å². The molecule has 0 fully saturated rings. The molecule has 1 N–H and O–H groups in total. The van der Waals surface area contributed by atoms with Crippen LogP contribution in [0.2, 0.25) is 0 Å². The van der Waals surface area contributed by atoms with Gasteiger partial charge in [-0.05, 0) is 42.5 Å². The van der Waals surface area contributed by atoms with E-state index in [1.807, 2.05) is 7.05 Å². The Morgan fingerprint density at radius 3 is 2.19 bits per heavy atom. The summed E-state index contributed by atoms with van der Waals surface area (Å²) in [5.74, 6) is 0. The number of rotatable bonds is 5. The lowest BCUT2D eigenvalue weighted by Gasteiger charge is -2.24. The number of nitrogens with one attached hydrogen (secondary N) is 1. The first-order valence-electron chi connectivity index (χ1n) is 7.82. The lowest BCUT2D eigenvalue weighted by molar-refractivity contribution is 0.506. The standard InChI is InChI=1S/C20H27N/c1-6-20(3,4)18-12-10-16(11-13-18)19(21-5)17-9-7-8-15(2)14-17/h7-14,19,21H,6H2,1-5H3. The van der Waals surface area contributed by atoms with E-state index in [4.69, 9.17) is 0 Å². The van der Waals surface area contributed by atoms with E-state index < -0.39 is 0 Å². The number of hydrogen-bond acceptors (Lipinski definition) is 1. The van der Waals surface area contributed by atoms with Gasteiger partial charge in [0.2, 0.25) is 0 Å². The summed E-state index contributed by atoms with van der Waals surface area (Å²) in [6.07, 6.45) is 1.15. The molecule has 0 spiro atoms. The van der Waals surface area contributed by atoms with Crippen LogP contribution in [0, 0.1) is 6.92 Å². The van der Waals surface area contributed by atoms with Crippen molar-refractivity contribution in [1.82, 2.24) is 5.32 Å². The zero-order valence-electron chi connectivity index (χ0n) is 13.9. The van der Waals surface area contributed by atoms with Crippen molar-refractivity contribution in [3.8, 4) is 0 Å². The molecule has 1 nitrogen and oxygen atoms in total. The molecule has 0 saturated carbocycles. The highest BCUT2D eigenvalue weighted by molar-refractivity contribution is 5.36. The molecule has 1 heteroatoms. The molecular formula is C20H27N. The molecule has 0 radical (unpaired) electrons. The third-order valence-electron chi connectivity index (χ3n) is 4.57. The molecular weight excluding hydrogens is 254 g/mol. The van der Waals surface area contributed by atoms with E-state index >= 15 is 0 Å². The van der Waals surface area contributed by atoms with E-state index in [-0.39, 0.29) is 11.5 Å². The van der Waals surface area contributed by atoms with Gasteiger partial charge < -0.3 is 5.32 Å². The average Bonchev–Trinajstić information content (AvgIpc) is 2.49. The predicted octanol–water partition coefficient (Wildman–Crippen LogP) is 4.99. The molecule has 0 saturated heterocycles. The van der Waals surface area contributed by atoms with Gasteiger partial charge in [0.1, 0.15) is 0 Å². The maximum atomic E-state index is 3.43. The van der Waals surface area contributed by atoms with Gasteiger partial charge in [0.25, 0.3) is 0 Å². The van der Waals surface area contributed by atoms with E-state index in [0.717, 1.165) is 6.42 Å². The third kappa shape index (κ3) is 3.54. The molecule has 21 heavy (non-hydrogen) atoms. The zero-order valence-corrected chi connectivity index (χ0v) is 13.9. The van der Waals surface area contributed by atoms with Gasteiger partial charge in [-0.2, -0.15) is 0 Å². The van der Waals surface area contributed by atoms with Crippen LogP contribution in [0.4, 0.5) is 0 Å². The van der Waals surface area contributed by atoms with E-state index in [0.29, 0.717) is 0 Å². The van der Waals surface area contributed by atoms with Crippen LogP contribution in [0.15, 0.2) is 48.5 Å². The van der Waals surface area contributed by atoms with Crippen LogP contribution in [0.25, 0.3) is 0 Å². The Kier molecular flexibility index (Phi) is 4.84. The summed E-state index contributed by atoms with van der Waals surface area (Å²) in [5.41, 5.74) is 5.60. The van der Waals surface area contributed by atoms with Crippen molar-refractivity contribution in [2.24, 2.45) is 0 Å². The van der Waals surface area contributed by atoms with Crippen LogP contribution in [0.5, 0.6) is 0 Å². The Bertz CT molecular complexity index is 581. The fraction of sp³-hybridized carbons (Fsp3) is 0.400. The third-order valence-corrected chi connectivity index (χ3v) is 4.57. The summed E-state index contributed by atoms with van der Waals surface area (Å²) in [6, 6.07) is 18.0. The monoisotopic (exact) mass is 281 g/mol.